The Bertz CT molecular complexity index is 971. The Morgan fingerprint density at radius 3 is 2.60 bits per heavy atom. The van der Waals surface area contributed by atoms with Crippen molar-refractivity contribution in [1.29, 1.82) is 0 Å². The van der Waals surface area contributed by atoms with Gasteiger partial charge in [-0.05, 0) is 42.2 Å². The topological polar surface area (TPSA) is 80.2 Å². The van der Waals surface area contributed by atoms with Crippen LogP contribution in [0.25, 0.3) is 0 Å². The number of guanidine groups is 1. The van der Waals surface area contributed by atoms with Gasteiger partial charge in [-0.3, -0.25) is 14.9 Å². The summed E-state index contributed by atoms with van der Waals surface area (Å²) in [4.78, 5) is 32.4. The zero-order chi connectivity index (χ0) is 21.1. The molecule has 4 rings (SSSR count). The third kappa shape index (κ3) is 3.87. The molecule has 2 aromatic rings. The molecule has 30 heavy (non-hydrogen) atoms. The van der Waals surface area contributed by atoms with Crippen LogP contribution in [0.15, 0.2) is 53.5 Å². The largest absolute Gasteiger partial charge is 0.497 e. The van der Waals surface area contributed by atoms with Gasteiger partial charge in [0.15, 0.2) is 5.92 Å². The van der Waals surface area contributed by atoms with Crippen LogP contribution in [0.4, 0.5) is 0 Å². The summed E-state index contributed by atoms with van der Waals surface area (Å²) >= 11 is 0. The van der Waals surface area contributed by atoms with Crippen molar-refractivity contribution >= 4 is 17.8 Å². The van der Waals surface area contributed by atoms with E-state index in [1.807, 2.05) is 24.3 Å². The second kappa shape index (κ2) is 8.57. The number of benzene rings is 2. The lowest BCUT2D eigenvalue weighted by atomic mass is 9.91. The van der Waals surface area contributed by atoms with Gasteiger partial charge in [0.05, 0.1) is 13.7 Å². The minimum Gasteiger partial charge on any atom is -0.497 e. The van der Waals surface area contributed by atoms with Crippen LogP contribution < -0.4 is 10.1 Å². The van der Waals surface area contributed by atoms with Crippen LogP contribution in [-0.4, -0.2) is 43.0 Å². The minimum atomic E-state index is -1.03. The van der Waals surface area contributed by atoms with Gasteiger partial charge < -0.3 is 14.4 Å². The van der Waals surface area contributed by atoms with Gasteiger partial charge in [-0.2, -0.15) is 0 Å². The molecule has 7 heteroatoms. The molecule has 0 unspecified atom stereocenters. The molecule has 2 atom stereocenters. The molecule has 0 aromatic heterocycles. The Morgan fingerprint density at radius 1 is 1.17 bits per heavy atom. The molecular weight excluding hydrogens is 382 g/mol. The molecule has 0 bridgehead atoms. The Morgan fingerprint density at radius 2 is 1.90 bits per heavy atom. The summed E-state index contributed by atoms with van der Waals surface area (Å²) in [5, 5.41) is 2.84. The number of aliphatic imine (C=N–C) groups is 1. The van der Waals surface area contributed by atoms with Crippen LogP contribution in [0.5, 0.6) is 5.75 Å². The predicted molar refractivity (Wildman–Crippen MR) is 112 cm³/mol. The average molecular weight is 407 g/mol. The van der Waals surface area contributed by atoms with Crippen LogP contribution in [-0.2, 0) is 27.3 Å². The number of carbonyl (C=O) groups excluding carboxylic acids is 2. The molecule has 0 spiro atoms. The number of nitrogens with one attached hydrogen (secondary N) is 1. The molecule has 156 valence electrons. The number of carbonyl (C=O) groups is 2. The fourth-order valence-electron chi connectivity index (χ4n) is 3.94. The molecule has 0 fully saturated rings. The zero-order valence-electron chi connectivity index (χ0n) is 17.1. The van der Waals surface area contributed by atoms with Crippen LogP contribution in [0.2, 0.25) is 0 Å². The third-order valence-corrected chi connectivity index (χ3v) is 5.52. The second-order valence-electron chi connectivity index (χ2n) is 7.33. The highest BCUT2D eigenvalue weighted by Crippen LogP contribution is 2.32. The quantitative estimate of drug-likeness (QED) is 0.622. The highest BCUT2D eigenvalue weighted by molar-refractivity contribution is 6.08. The van der Waals surface area contributed by atoms with Crippen molar-refractivity contribution in [3.05, 3.63) is 65.2 Å². The molecule has 0 radical (unpaired) electrons. The second-order valence-corrected chi connectivity index (χ2v) is 7.33. The molecule has 2 heterocycles. The number of esters is 1. The van der Waals surface area contributed by atoms with Crippen molar-refractivity contribution in [3.63, 3.8) is 0 Å². The standard InChI is InChI=1S/C23H25N3O4/c1-3-30-22(28)19-20(16-8-10-18(29-2)11-9-16)24-23(25-21(19)27)26-13-12-15-6-4-5-7-17(15)14-26/h4-11,19-20H,3,12-14H2,1-2H3,(H,24,25,27)/t19-,20+/m1/s1. The number of ether oxygens (including phenoxy) is 2. The zero-order valence-corrected chi connectivity index (χ0v) is 17.1. The van der Waals surface area contributed by atoms with Crippen molar-refractivity contribution in [2.75, 3.05) is 20.3 Å². The van der Waals surface area contributed by atoms with Gasteiger partial charge in [-0.1, -0.05) is 36.4 Å². The summed E-state index contributed by atoms with van der Waals surface area (Å²) in [5.74, 6) is -0.792. The van der Waals surface area contributed by atoms with E-state index in [-0.39, 0.29) is 6.61 Å². The molecule has 2 aliphatic rings. The summed E-state index contributed by atoms with van der Waals surface area (Å²) < 4.78 is 10.4. The van der Waals surface area contributed by atoms with Crippen LogP contribution in [0, 0.1) is 5.92 Å². The van der Waals surface area contributed by atoms with E-state index in [9.17, 15) is 9.59 Å². The Labute approximate surface area is 175 Å². The highest BCUT2D eigenvalue weighted by atomic mass is 16.5. The Balaban J connectivity index is 1.68. The molecule has 2 aliphatic heterocycles. The molecule has 2 aromatic carbocycles. The van der Waals surface area contributed by atoms with E-state index < -0.39 is 23.8 Å². The summed E-state index contributed by atoms with van der Waals surface area (Å²) in [6.45, 7) is 3.34. The smallest absolute Gasteiger partial charge is 0.321 e. The van der Waals surface area contributed by atoms with Gasteiger partial charge in [-0.25, -0.2) is 4.99 Å². The lowest BCUT2D eigenvalue weighted by Gasteiger charge is -2.36. The number of hydrogen-bond acceptors (Lipinski definition) is 6. The normalized spacial score (nSPS) is 20.7. The summed E-state index contributed by atoms with van der Waals surface area (Å²) in [6, 6.07) is 14.9. The van der Waals surface area contributed by atoms with Crippen molar-refractivity contribution in [3.8, 4) is 5.75 Å². The number of amides is 1. The first-order chi connectivity index (χ1) is 14.6. The first-order valence-electron chi connectivity index (χ1n) is 10.1. The summed E-state index contributed by atoms with van der Waals surface area (Å²) in [7, 11) is 1.59. The molecule has 7 nitrogen and oxygen atoms in total. The number of hydrogen-bond donors (Lipinski definition) is 1. The van der Waals surface area contributed by atoms with Gasteiger partial charge in [0.1, 0.15) is 11.8 Å². The summed E-state index contributed by atoms with van der Waals surface area (Å²) in [5.41, 5.74) is 3.29. The predicted octanol–water partition coefficient (Wildman–Crippen LogP) is 2.46. The Hall–Kier alpha value is -3.35. The van der Waals surface area contributed by atoms with Crippen LogP contribution >= 0.6 is 0 Å². The summed E-state index contributed by atoms with van der Waals surface area (Å²) in [6.07, 6.45) is 0.875. The molecule has 0 aliphatic carbocycles. The maximum Gasteiger partial charge on any atom is 0.321 e. The number of methoxy groups -OCH3 is 1. The first kappa shape index (κ1) is 19.9. The van der Waals surface area contributed by atoms with Gasteiger partial charge >= 0.3 is 5.97 Å². The SMILES string of the molecule is CCOC(=O)[C@H]1C(=O)NC(N2CCc3ccccc3C2)=N[C@H]1c1ccc(OC)cc1. The number of rotatable bonds is 4. The van der Waals surface area contributed by atoms with Gasteiger partial charge in [0, 0.05) is 13.1 Å². The first-order valence-corrected chi connectivity index (χ1v) is 10.1. The minimum absolute atomic E-state index is 0.206. The van der Waals surface area contributed by atoms with Crippen molar-refractivity contribution in [1.82, 2.24) is 10.2 Å². The van der Waals surface area contributed by atoms with Gasteiger partial charge in [0.25, 0.3) is 0 Å². The maximum absolute atomic E-state index is 13.0. The van der Waals surface area contributed by atoms with Crippen molar-refractivity contribution in [2.24, 2.45) is 10.9 Å². The molecule has 0 saturated heterocycles. The molecule has 1 N–H and O–H groups in total. The van der Waals surface area contributed by atoms with E-state index in [1.54, 1.807) is 26.2 Å². The Kier molecular flexibility index (Phi) is 5.70. The number of fused-ring (bicyclic) bond motifs is 1. The average Bonchev–Trinajstić information content (AvgIpc) is 2.78. The van der Waals surface area contributed by atoms with Crippen LogP contribution in [0.1, 0.15) is 29.7 Å². The van der Waals surface area contributed by atoms with Gasteiger partial charge in [-0.15, -0.1) is 0 Å². The maximum atomic E-state index is 13.0. The fraction of sp³-hybridized carbons (Fsp3) is 0.348. The van der Waals surface area contributed by atoms with E-state index in [2.05, 4.69) is 22.3 Å². The van der Waals surface area contributed by atoms with E-state index in [1.165, 1.54) is 11.1 Å². The van der Waals surface area contributed by atoms with E-state index in [0.717, 1.165) is 18.5 Å². The van der Waals surface area contributed by atoms with Gasteiger partial charge in [0.2, 0.25) is 11.9 Å². The molecular formula is C23H25N3O4. The van der Waals surface area contributed by atoms with Crippen molar-refractivity contribution in [2.45, 2.75) is 25.9 Å². The molecule has 0 saturated carbocycles. The lowest BCUT2D eigenvalue weighted by Crippen LogP contribution is -2.53. The fourth-order valence-corrected chi connectivity index (χ4v) is 3.94. The lowest BCUT2D eigenvalue weighted by molar-refractivity contribution is -0.153. The van der Waals surface area contributed by atoms with Crippen molar-refractivity contribution < 1.29 is 19.1 Å². The van der Waals surface area contributed by atoms with E-state index >= 15 is 0 Å². The van der Waals surface area contributed by atoms with Crippen LogP contribution in [0.3, 0.4) is 0 Å². The number of nitrogens with zero attached hydrogens (tertiary/aromatic N) is 2. The van der Waals surface area contributed by atoms with E-state index in [4.69, 9.17) is 14.5 Å². The van der Waals surface area contributed by atoms with E-state index in [0.29, 0.717) is 18.3 Å². The third-order valence-electron chi connectivity index (χ3n) is 5.52. The highest BCUT2D eigenvalue weighted by Gasteiger charge is 2.42. The monoisotopic (exact) mass is 407 g/mol. The molecule has 1 amide bonds.